The van der Waals surface area contributed by atoms with Gasteiger partial charge < -0.3 is 15.0 Å². The number of carbonyl (C=O) groups is 2. The van der Waals surface area contributed by atoms with Gasteiger partial charge in [-0.15, -0.1) is 0 Å². The van der Waals surface area contributed by atoms with Gasteiger partial charge in [-0.2, -0.15) is 18.3 Å². The van der Waals surface area contributed by atoms with Gasteiger partial charge in [0.25, 0.3) is 5.91 Å². The molecule has 0 aliphatic rings. The van der Waals surface area contributed by atoms with E-state index in [1.807, 2.05) is 16.8 Å². The molecule has 1 atom stereocenters. The molecule has 194 valence electrons. The molecule has 3 aromatic carbocycles. The minimum atomic E-state index is -4.42. The number of aromatic nitrogens is 3. The number of aromatic carboxylic acids is 1. The van der Waals surface area contributed by atoms with Crippen molar-refractivity contribution in [1.29, 1.82) is 0 Å². The Hall–Kier alpha value is -4.60. The zero-order valence-corrected chi connectivity index (χ0v) is 20.5. The summed E-state index contributed by atoms with van der Waals surface area (Å²) in [5, 5.41) is 18.2. The lowest BCUT2D eigenvalue weighted by Gasteiger charge is -2.16. The fourth-order valence-electron chi connectivity index (χ4n) is 4.59. The quantitative estimate of drug-likeness (QED) is 0.297. The van der Waals surface area contributed by atoms with Crippen molar-refractivity contribution in [3.63, 3.8) is 0 Å². The number of hydrogen-bond acceptors (Lipinski definition) is 3. The molecular weight excluding hydrogens is 497 g/mol. The van der Waals surface area contributed by atoms with Gasteiger partial charge in [0.15, 0.2) is 0 Å². The number of benzene rings is 3. The fraction of sp³-hybridized carbons (Fsp3) is 0.179. The van der Waals surface area contributed by atoms with Crippen LogP contribution in [-0.2, 0) is 19.8 Å². The molecule has 0 aliphatic heterocycles. The Labute approximate surface area is 215 Å². The predicted octanol–water partition coefficient (Wildman–Crippen LogP) is 5.78. The number of nitrogens with zero attached hydrogens (tertiary/aromatic N) is 3. The van der Waals surface area contributed by atoms with Gasteiger partial charge in [-0.05, 0) is 54.4 Å². The first-order chi connectivity index (χ1) is 18.0. The van der Waals surface area contributed by atoms with E-state index >= 15 is 0 Å². The maximum Gasteiger partial charge on any atom is 0.416 e. The van der Waals surface area contributed by atoms with E-state index in [1.54, 1.807) is 43.0 Å². The fourth-order valence-corrected chi connectivity index (χ4v) is 4.59. The van der Waals surface area contributed by atoms with Crippen molar-refractivity contribution in [3.8, 4) is 0 Å². The Balaban J connectivity index is 1.51. The van der Waals surface area contributed by atoms with Crippen molar-refractivity contribution < 1.29 is 27.9 Å². The first-order valence-corrected chi connectivity index (χ1v) is 11.8. The maximum atomic E-state index is 13.5. The van der Waals surface area contributed by atoms with Crippen molar-refractivity contribution in [2.75, 3.05) is 0 Å². The summed E-state index contributed by atoms with van der Waals surface area (Å²) in [6.45, 7) is 2.06. The Morgan fingerprint density at radius 1 is 1.03 bits per heavy atom. The maximum absolute atomic E-state index is 13.5. The molecule has 2 aromatic heterocycles. The predicted molar refractivity (Wildman–Crippen MR) is 136 cm³/mol. The number of carboxylic acids is 1. The van der Waals surface area contributed by atoms with E-state index in [-0.39, 0.29) is 18.0 Å². The van der Waals surface area contributed by atoms with Gasteiger partial charge in [-0.1, -0.05) is 24.3 Å². The Morgan fingerprint density at radius 2 is 1.71 bits per heavy atom. The summed E-state index contributed by atoms with van der Waals surface area (Å²) in [4.78, 5) is 24.7. The van der Waals surface area contributed by atoms with Crippen LogP contribution in [0.15, 0.2) is 73.1 Å². The topological polar surface area (TPSA) is 89.2 Å². The Bertz CT molecular complexity index is 1670. The van der Waals surface area contributed by atoms with Crippen molar-refractivity contribution in [2.24, 2.45) is 7.05 Å². The minimum absolute atomic E-state index is 0.149. The number of nitrogens with one attached hydrogen (secondary N) is 1. The molecule has 0 unspecified atom stereocenters. The van der Waals surface area contributed by atoms with E-state index in [2.05, 4.69) is 10.4 Å². The number of carbonyl (C=O) groups excluding carboxylic acids is 1. The molecule has 2 N–H and O–H groups in total. The molecule has 0 aliphatic carbocycles. The summed E-state index contributed by atoms with van der Waals surface area (Å²) in [6.07, 6.45) is -0.755. The van der Waals surface area contributed by atoms with E-state index < -0.39 is 23.8 Å². The average molecular weight is 521 g/mol. The van der Waals surface area contributed by atoms with Crippen LogP contribution in [0.5, 0.6) is 0 Å². The van der Waals surface area contributed by atoms with Crippen molar-refractivity contribution >= 4 is 33.7 Å². The van der Waals surface area contributed by atoms with E-state index in [0.717, 1.165) is 28.5 Å². The van der Waals surface area contributed by atoms with Gasteiger partial charge in [0.05, 0.1) is 33.8 Å². The summed E-state index contributed by atoms with van der Waals surface area (Å²) >= 11 is 0. The highest BCUT2D eigenvalue weighted by Gasteiger charge is 2.30. The third-order valence-electron chi connectivity index (χ3n) is 6.53. The van der Waals surface area contributed by atoms with Crippen molar-refractivity contribution in [3.05, 3.63) is 101 Å². The van der Waals surface area contributed by atoms with Gasteiger partial charge in [0.2, 0.25) is 0 Å². The summed E-state index contributed by atoms with van der Waals surface area (Å²) in [5.74, 6) is -1.39. The first-order valence-electron chi connectivity index (χ1n) is 11.8. The Morgan fingerprint density at radius 3 is 2.34 bits per heavy atom. The second-order valence-corrected chi connectivity index (χ2v) is 9.18. The van der Waals surface area contributed by atoms with Crippen LogP contribution in [0.3, 0.4) is 0 Å². The minimum Gasteiger partial charge on any atom is -0.478 e. The second-order valence-electron chi connectivity index (χ2n) is 9.18. The zero-order chi connectivity index (χ0) is 27.2. The number of rotatable bonds is 6. The van der Waals surface area contributed by atoms with E-state index in [1.165, 1.54) is 24.3 Å². The molecule has 38 heavy (non-hydrogen) atoms. The molecule has 5 aromatic rings. The smallest absolute Gasteiger partial charge is 0.416 e. The van der Waals surface area contributed by atoms with Crippen LogP contribution in [0.2, 0.25) is 0 Å². The molecule has 7 nitrogen and oxygen atoms in total. The highest BCUT2D eigenvalue weighted by Crippen LogP contribution is 2.32. The van der Waals surface area contributed by atoms with Gasteiger partial charge in [-0.3, -0.25) is 9.48 Å². The SMILES string of the molecule is C[C@H](NC(=O)c1cc2nn(C)cc2c2ccn(Cc3ccc(C(F)(F)F)cc3)c12)c1ccc(C(=O)O)cc1. The third kappa shape index (κ3) is 4.72. The molecule has 0 saturated heterocycles. The molecular formula is C28H23F3N4O3. The number of hydrogen-bond donors (Lipinski definition) is 2. The highest BCUT2D eigenvalue weighted by molar-refractivity contribution is 6.15. The van der Waals surface area contributed by atoms with Gasteiger partial charge in [0, 0.05) is 36.8 Å². The molecule has 1 amide bonds. The first kappa shape index (κ1) is 25.1. The largest absolute Gasteiger partial charge is 0.478 e. The molecule has 10 heteroatoms. The molecule has 5 rings (SSSR count). The number of amides is 1. The van der Waals surface area contributed by atoms with Gasteiger partial charge >= 0.3 is 12.1 Å². The third-order valence-corrected chi connectivity index (χ3v) is 6.53. The van der Waals surface area contributed by atoms with Gasteiger partial charge in [-0.25, -0.2) is 4.79 Å². The van der Waals surface area contributed by atoms with E-state index in [4.69, 9.17) is 5.11 Å². The second kappa shape index (κ2) is 9.37. The van der Waals surface area contributed by atoms with E-state index in [0.29, 0.717) is 22.2 Å². The van der Waals surface area contributed by atoms with Crippen LogP contribution in [0.1, 0.15) is 50.4 Å². The summed E-state index contributed by atoms with van der Waals surface area (Å²) in [6, 6.07) is 14.4. The van der Waals surface area contributed by atoms with Crippen LogP contribution in [0, 0.1) is 0 Å². The average Bonchev–Trinajstić information content (AvgIpc) is 3.46. The lowest BCUT2D eigenvalue weighted by Crippen LogP contribution is -2.27. The standard InChI is InChI=1S/C28H23F3N4O3/c1-16(18-5-7-19(8-6-18)27(37)38)32-26(36)22-13-24-23(15-34(2)33-24)21-11-12-35(25(21)22)14-17-3-9-20(10-4-17)28(29,30)31/h3-13,15-16H,14H2,1-2H3,(H,32,36)(H,37,38)/t16-/m0/s1. The number of alkyl halides is 3. The normalized spacial score (nSPS) is 12.7. The summed E-state index contributed by atoms with van der Waals surface area (Å²) in [7, 11) is 1.79. The lowest BCUT2D eigenvalue weighted by molar-refractivity contribution is -0.137. The Kier molecular flexibility index (Phi) is 6.18. The lowest BCUT2D eigenvalue weighted by atomic mass is 10.0. The molecule has 0 fully saturated rings. The molecule has 0 saturated carbocycles. The number of carboxylic acid groups (broad SMARTS) is 1. The van der Waals surface area contributed by atoms with Crippen LogP contribution in [-0.4, -0.2) is 31.3 Å². The molecule has 0 radical (unpaired) electrons. The molecule has 0 spiro atoms. The van der Waals surface area contributed by atoms with Crippen molar-refractivity contribution in [2.45, 2.75) is 25.7 Å². The highest BCUT2D eigenvalue weighted by atomic mass is 19.4. The van der Waals surface area contributed by atoms with Crippen molar-refractivity contribution in [1.82, 2.24) is 19.7 Å². The molecule has 0 bridgehead atoms. The number of aryl methyl sites for hydroxylation is 1. The van der Waals surface area contributed by atoms with Crippen LogP contribution < -0.4 is 5.32 Å². The van der Waals surface area contributed by atoms with Crippen LogP contribution in [0.4, 0.5) is 13.2 Å². The summed E-state index contributed by atoms with van der Waals surface area (Å²) < 4.78 is 42.5. The van der Waals surface area contributed by atoms with Crippen LogP contribution >= 0.6 is 0 Å². The molecule has 2 heterocycles. The zero-order valence-electron chi connectivity index (χ0n) is 20.5. The van der Waals surface area contributed by atoms with Crippen LogP contribution in [0.25, 0.3) is 21.8 Å². The number of fused-ring (bicyclic) bond motifs is 3. The number of halogens is 3. The monoisotopic (exact) mass is 520 g/mol. The van der Waals surface area contributed by atoms with E-state index in [9.17, 15) is 22.8 Å². The van der Waals surface area contributed by atoms with Gasteiger partial charge in [0.1, 0.15) is 0 Å². The summed E-state index contributed by atoms with van der Waals surface area (Å²) in [5.41, 5.74) is 2.46.